The van der Waals surface area contributed by atoms with Crippen molar-refractivity contribution >= 4 is 5.97 Å². The number of aliphatic hydroxyl groups is 1. The molecule has 0 amide bonds. The Morgan fingerprint density at radius 1 is 1.44 bits per heavy atom. The van der Waals surface area contributed by atoms with Gasteiger partial charge in [-0.2, -0.15) is 5.10 Å². The van der Waals surface area contributed by atoms with E-state index in [0.29, 0.717) is 11.3 Å². The second-order valence-electron chi connectivity index (χ2n) is 3.66. The SMILES string of the molecule is CCOC(=O)C(O)c1ccccc1-n1cccn1. The average molecular weight is 246 g/mol. The molecule has 2 aromatic rings. The molecule has 1 atom stereocenters. The first-order valence-electron chi connectivity index (χ1n) is 5.67. The molecule has 5 heteroatoms. The number of carbonyl (C=O) groups is 1. The summed E-state index contributed by atoms with van der Waals surface area (Å²) in [6, 6.07) is 8.81. The monoisotopic (exact) mass is 246 g/mol. The molecule has 2 rings (SSSR count). The number of hydrogen-bond donors (Lipinski definition) is 1. The van der Waals surface area contributed by atoms with Crippen molar-refractivity contribution in [3.8, 4) is 5.69 Å². The molecule has 0 saturated carbocycles. The number of nitrogens with zero attached hydrogens (tertiary/aromatic N) is 2. The third kappa shape index (κ3) is 2.41. The minimum Gasteiger partial charge on any atom is -0.464 e. The molecule has 1 heterocycles. The van der Waals surface area contributed by atoms with E-state index in [4.69, 9.17) is 4.74 Å². The highest BCUT2D eigenvalue weighted by atomic mass is 16.5. The van der Waals surface area contributed by atoms with E-state index in [1.807, 2.05) is 6.07 Å². The predicted molar refractivity (Wildman–Crippen MR) is 65.2 cm³/mol. The van der Waals surface area contributed by atoms with Crippen molar-refractivity contribution in [1.29, 1.82) is 0 Å². The standard InChI is InChI=1S/C13H14N2O3/c1-2-18-13(17)12(16)10-6-3-4-7-11(10)15-9-5-8-14-15/h3-9,12,16H,2H2,1H3. The predicted octanol–water partition coefficient (Wildman–Crippen LogP) is 1.47. The van der Waals surface area contributed by atoms with Crippen LogP contribution in [0.15, 0.2) is 42.7 Å². The van der Waals surface area contributed by atoms with E-state index in [1.165, 1.54) is 0 Å². The summed E-state index contributed by atoms with van der Waals surface area (Å²) in [5, 5.41) is 14.1. The molecule has 1 N–H and O–H groups in total. The molecule has 0 radical (unpaired) electrons. The van der Waals surface area contributed by atoms with Crippen LogP contribution in [0.1, 0.15) is 18.6 Å². The first-order chi connectivity index (χ1) is 8.74. The van der Waals surface area contributed by atoms with Gasteiger partial charge in [0, 0.05) is 18.0 Å². The summed E-state index contributed by atoms with van der Waals surface area (Å²) < 4.78 is 6.41. The number of hydrogen-bond acceptors (Lipinski definition) is 4. The third-order valence-corrected chi connectivity index (χ3v) is 2.49. The molecular formula is C13H14N2O3. The summed E-state index contributed by atoms with van der Waals surface area (Å²) in [7, 11) is 0. The lowest BCUT2D eigenvalue weighted by Gasteiger charge is -2.14. The lowest BCUT2D eigenvalue weighted by molar-refractivity contribution is -0.153. The number of rotatable bonds is 4. The van der Waals surface area contributed by atoms with Gasteiger partial charge in [0.15, 0.2) is 6.10 Å². The van der Waals surface area contributed by atoms with Crippen molar-refractivity contribution in [3.05, 3.63) is 48.3 Å². The number of esters is 1. The minimum atomic E-state index is -1.30. The first-order valence-corrected chi connectivity index (χ1v) is 5.67. The van der Waals surface area contributed by atoms with E-state index in [0.717, 1.165) is 0 Å². The zero-order valence-electron chi connectivity index (χ0n) is 9.98. The summed E-state index contributed by atoms with van der Waals surface area (Å²) in [6.07, 6.45) is 2.08. The van der Waals surface area contributed by atoms with Crippen LogP contribution in [-0.2, 0) is 9.53 Å². The van der Waals surface area contributed by atoms with Gasteiger partial charge in [-0.3, -0.25) is 0 Å². The number of ether oxygens (including phenoxy) is 1. The van der Waals surface area contributed by atoms with Crippen LogP contribution >= 0.6 is 0 Å². The van der Waals surface area contributed by atoms with Crippen LogP contribution in [0.3, 0.4) is 0 Å². The van der Waals surface area contributed by atoms with Crippen LogP contribution < -0.4 is 0 Å². The van der Waals surface area contributed by atoms with Gasteiger partial charge >= 0.3 is 5.97 Å². The van der Waals surface area contributed by atoms with Crippen LogP contribution in [-0.4, -0.2) is 27.5 Å². The molecule has 0 aliphatic carbocycles. The molecule has 1 unspecified atom stereocenters. The highest BCUT2D eigenvalue weighted by molar-refractivity contribution is 5.77. The molecule has 18 heavy (non-hydrogen) atoms. The van der Waals surface area contributed by atoms with Gasteiger partial charge in [0.2, 0.25) is 0 Å². The topological polar surface area (TPSA) is 64.3 Å². The van der Waals surface area contributed by atoms with Crippen molar-refractivity contribution < 1.29 is 14.6 Å². The van der Waals surface area contributed by atoms with E-state index in [1.54, 1.807) is 48.3 Å². The smallest absolute Gasteiger partial charge is 0.339 e. The summed E-state index contributed by atoms with van der Waals surface area (Å²) >= 11 is 0. The van der Waals surface area contributed by atoms with Gasteiger partial charge in [-0.15, -0.1) is 0 Å². The molecule has 0 bridgehead atoms. The number of aromatic nitrogens is 2. The fraction of sp³-hybridized carbons (Fsp3) is 0.231. The Bertz CT molecular complexity index is 523. The van der Waals surface area contributed by atoms with Crippen LogP contribution in [0.2, 0.25) is 0 Å². The van der Waals surface area contributed by atoms with Gasteiger partial charge < -0.3 is 9.84 Å². The zero-order valence-corrected chi connectivity index (χ0v) is 9.98. The van der Waals surface area contributed by atoms with E-state index < -0.39 is 12.1 Å². The van der Waals surface area contributed by atoms with Crippen LogP contribution in [0, 0.1) is 0 Å². The molecule has 94 valence electrons. The zero-order chi connectivity index (χ0) is 13.0. The lowest BCUT2D eigenvalue weighted by atomic mass is 10.1. The Morgan fingerprint density at radius 2 is 2.22 bits per heavy atom. The summed E-state index contributed by atoms with van der Waals surface area (Å²) in [4.78, 5) is 11.6. The Kier molecular flexibility index (Phi) is 3.74. The van der Waals surface area contributed by atoms with Gasteiger partial charge in [0.05, 0.1) is 12.3 Å². The summed E-state index contributed by atoms with van der Waals surface area (Å²) in [5.41, 5.74) is 1.13. The van der Waals surface area contributed by atoms with Gasteiger partial charge in [-0.1, -0.05) is 18.2 Å². The lowest BCUT2D eigenvalue weighted by Crippen LogP contribution is -2.17. The summed E-state index contributed by atoms with van der Waals surface area (Å²) in [6.45, 7) is 1.93. The van der Waals surface area contributed by atoms with Crippen molar-refractivity contribution in [2.75, 3.05) is 6.61 Å². The maximum atomic E-state index is 11.6. The number of para-hydroxylation sites is 1. The maximum Gasteiger partial charge on any atom is 0.339 e. The van der Waals surface area contributed by atoms with Gasteiger partial charge in [-0.25, -0.2) is 9.48 Å². The molecule has 0 aliphatic heterocycles. The van der Waals surface area contributed by atoms with Crippen molar-refractivity contribution in [1.82, 2.24) is 9.78 Å². The average Bonchev–Trinajstić information content (AvgIpc) is 2.92. The van der Waals surface area contributed by atoms with E-state index in [2.05, 4.69) is 5.10 Å². The third-order valence-electron chi connectivity index (χ3n) is 2.49. The van der Waals surface area contributed by atoms with Crippen molar-refractivity contribution in [2.24, 2.45) is 0 Å². The molecule has 1 aromatic carbocycles. The van der Waals surface area contributed by atoms with Crippen LogP contribution in [0.5, 0.6) is 0 Å². The van der Waals surface area contributed by atoms with E-state index in [9.17, 15) is 9.90 Å². The molecule has 0 fully saturated rings. The normalized spacial score (nSPS) is 12.1. The largest absolute Gasteiger partial charge is 0.464 e. The Morgan fingerprint density at radius 3 is 2.89 bits per heavy atom. The van der Waals surface area contributed by atoms with Gasteiger partial charge in [-0.05, 0) is 19.1 Å². The molecule has 5 nitrogen and oxygen atoms in total. The fourth-order valence-corrected chi connectivity index (χ4v) is 1.69. The highest BCUT2D eigenvalue weighted by Gasteiger charge is 2.22. The Labute approximate surface area is 105 Å². The quantitative estimate of drug-likeness (QED) is 0.830. The Balaban J connectivity index is 2.36. The number of aliphatic hydroxyl groups excluding tert-OH is 1. The first kappa shape index (κ1) is 12.3. The minimum absolute atomic E-state index is 0.236. The van der Waals surface area contributed by atoms with Crippen LogP contribution in [0.4, 0.5) is 0 Å². The second-order valence-corrected chi connectivity index (χ2v) is 3.66. The second kappa shape index (κ2) is 5.46. The van der Waals surface area contributed by atoms with E-state index >= 15 is 0 Å². The maximum absolute atomic E-state index is 11.6. The fourth-order valence-electron chi connectivity index (χ4n) is 1.69. The molecule has 1 aromatic heterocycles. The van der Waals surface area contributed by atoms with Crippen LogP contribution in [0.25, 0.3) is 5.69 Å². The van der Waals surface area contributed by atoms with Gasteiger partial charge in [0.25, 0.3) is 0 Å². The highest BCUT2D eigenvalue weighted by Crippen LogP contribution is 2.22. The molecular weight excluding hydrogens is 232 g/mol. The number of benzene rings is 1. The van der Waals surface area contributed by atoms with Crippen molar-refractivity contribution in [2.45, 2.75) is 13.0 Å². The molecule has 0 spiro atoms. The van der Waals surface area contributed by atoms with Crippen molar-refractivity contribution in [3.63, 3.8) is 0 Å². The molecule has 0 aliphatic rings. The number of carbonyl (C=O) groups excluding carboxylic acids is 1. The Hall–Kier alpha value is -2.14. The molecule has 0 saturated heterocycles. The van der Waals surface area contributed by atoms with Gasteiger partial charge in [0.1, 0.15) is 0 Å². The van der Waals surface area contributed by atoms with E-state index in [-0.39, 0.29) is 6.61 Å². The summed E-state index contributed by atoms with van der Waals surface area (Å²) in [5.74, 6) is -0.655.